The van der Waals surface area contributed by atoms with Crippen molar-refractivity contribution in [1.82, 2.24) is 10.6 Å². The van der Waals surface area contributed by atoms with Crippen molar-refractivity contribution in [3.05, 3.63) is 29.8 Å². The van der Waals surface area contributed by atoms with Gasteiger partial charge in [-0.1, -0.05) is 25.0 Å². The maximum absolute atomic E-state index is 11.6. The van der Waals surface area contributed by atoms with Crippen LogP contribution in [0.1, 0.15) is 51.5 Å². The molecule has 1 saturated carbocycles. The monoisotopic (exact) mass is 537 g/mol. The van der Waals surface area contributed by atoms with Crippen molar-refractivity contribution in [2.24, 2.45) is 10.4 Å². The fraction of sp³-hybridized carbons (Fsp3) is 0.667. The number of rotatable bonds is 10. The number of guanidine groups is 1. The lowest BCUT2D eigenvalue weighted by atomic mass is 9.83. The van der Waals surface area contributed by atoms with Crippen LogP contribution in [0.2, 0.25) is 0 Å². The average Bonchev–Trinajstić information content (AvgIpc) is 3.13. The Labute approximate surface area is 193 Å². The van der Waals surface area contributed by atoms with Gasteiger partial charge in [-0.2, -0.15) is 0 Å². The Kier molecular flexibility index (Phi) is 11.5. The highest BCUT2D eigenvalue weighted by Gasteiger charge is 2.33. The molecule has 1 aliphatic carbocycles. The quantitative estimate of drug-likeness (QED) is 0.206. The van der Waals surface area contributed by atoms with Gasteiger partial charge in [0.1, 0.15) is 0 Å². The highest BCUT2D eigenvalue weighted by molar-refractivity contribution is 14.0. The van der Waals surface area contributed by atoms with Crippen molar-refractivity contribution in [2.45, 2.75) is 57.4 Å². The summed E-state index contributed by atoms with van der Waals surface area (Å²) in [7, 11) is -3.16. The minimum Gasteiger partial charge on any atom is -0.382 e. The van der Waals surface area contributed by atoms with E-state index >= 15 is 0 Å². The second-order valence-corrected chi connectivity index (χ2v) is 9.63. The topological polar surface area (TPSA) is 79.8 Å². The number of nitrogens with one attached hydrogen (secondary N) is 2. The zero-order valence-corrected chi connectivity index (χ0v) is 21.0. The van der Waals surface area contributed by atoms with Crippen molar-refractivity contribution in [1.29, 1.82) is 0 Å². The van der Waals surface area contributed by atoms with E-state index in [-0.39, 0.29) is 24.0 Å². The van der Waals surface area contributed by atoms with Gasteiger partial charge in [0.05, 0.1) is 11.4 Å². The van der Waals surface area contributed by atoms with Gasteiger partial charge in [0.2, 0.25) is 0 Å². The van der Waals surface area contributed by atoms with E-state index in [4.69, 9.17) is 4.74 Å². The molecule has 8 heteroatoms. The SMILES string of the molecule is CCNC(=NCc1ccc(S(C)(=O)=O)cc1)NCC1(CCOCC)CCCC1.I. The summed E-state index contributed by atoms with van der Waals surface area (Å²) in [5.74, 6) is 0.803. The second-order valence-electron chi connectivity index (χ2n) is 7.62. The molecular formula is C21H36IN3O3S. The van der Waals surface area contributed by atoms with Gasteiger partial charge in [-0.05, 0) is 56.2 Å². The fourth-order valence-electron chi connectivity index (χ4n) is 3.70. The molecule has 0 aromatic heterocycles. The summed E-state index contributed by atoms with van der Waals surface area (Å²) in [6.07, 6.45) is 7.35. The van der Waals surface area contributed by atoms with Crippen LogP contribution < -0.4 is 10.6 Å². The molecule has 0 amide bonds. The molecule has 0 aliphatic heterocycles. The number of ether oxygens (including phenoxy) is 1. The number of nitrogens with zero attached hydrogens (tertiary/aromatic N) is 1. The molecule has 166 valence electrons. The second kappa shape index (κ2) is 12.7. The van der Waals surface area contributed by atoms with Crippen molar-refractivity contribution in [2.75, 3.05) is 32.6 Å². The summed E-state index contributed by atoms with van der Waals surface area (Å²) in [4.78, 5) is 5.01. The Morgan fingerprint density at radius 3 is 2.34 bits per heavy atom. The lowest BCUT2D eigenvalue weighted by Gasteiger charge is -2.30. The standard InChI is InChI=1S/C21H35N3O3S.HI/c1-4-22-20(23-16-18-8-10-19(11-9-18)28(3,25)26)24-17-21(12-6-7-13-21)14-15-27-5-2;/h8-11H,4-7,12-17H2,1-3H3,(H2,22,23,24);1H. The van der Waals surface area contributed by atoms with Crippen LogP contribution in [0.4, 0.5) is 0 Å². The Morgan fingerprint density at radius 2 is 1.79 bits per heavy atom. The van der Waals surface area contributed by atoms with E-state index in [1.807, 2.05) is 19.1 Å². The van der Waals surface area contributed by atoms with Gasteiger partial charge in [0.15, 0.2) is 15.8 Å². The summed E-state index contributed by atoms with van der Waals surface area (Å²) in [5, 5.41) is 6.83. The minimum atomic E-state index is -3.16. The van der Waals surface area contributed by atoms with E-state index in [0.29, 0.717) is 16.9 Å². The normalized spacial score (nSPS) is 16.3. The van der Waals surface area contributed by atoms with Gasteiger partial charge in [0, 0.05) is 32.6 Å². The van der Waals surface area contributed by atoms with Crippen molar-refractivity contribution in [3.63, 3.8) is 0 Å². The first-order chi connectivity index (χ1) is 13.4. The molecule has 0 heterocycles. The highest BCUT2D eigenvalue weighted by atomic mass is 127. The molecule has 1 aromatic rings. The number of sulfone groups is 1. The first-order valence-electron chi connectivity index (χ1n) is 10.3. The van der Waals surface area contributed by atoms with E-state index in [0.717, 1.165) is 44.2 Å². The molecule has 2 N–H and O–H groups in total. The van der Waals surface area contributed by atoms with Crippen LogP contribution in [0.5, 0.6) is 0 Å². The van der Waals surface area contributed by atoms with Gasteiger partial charge < -0.3 is 15.4 Å². The third-order valence-corrected chi connectivity index (χ3v) is 6.52. The maximum atomic E-state index is 11.6. The maximum Gasteiger partial charge on any atom is 0.191 e. The molecular weight excluding hydrogens is 501 g/mol. The zero-order valence-electron chi connectivity index (χ0n) is 17.9. The molecule has 6 nitrogen and oxygen atoms in total. The Hall–Kier alpha value is -0.870. The summed E-state index contributed by atoms with van der Waals surface area (Å²) < 4.78 is 28.7. The molecule has 1 aromatic carbocycles. The number of halogens is 1. The average molecular weight is 538 g/mol. The molecule has 2 rings (SSSR count). The van der Waals surface area contributed by atoms with Crippen LogP contribution >= 0.6 is 24.0 Å². The van der Waals surface area contributed by atoms with Gasteiger partial charge in [0.25, 0.3) is 0 Å². The van der Waals surface area contributed by atoms with Gasteiger partial charge >= 0.3 is 0 Å². The number of hydrogen-bond donors (Lipinski definition) is 2. The van der Waals surface area contributed by atoms with Crippen LogP contribution in [0, 0.1) is 5.41 Å². The number of aliphatic imine (C=N–C) groups is 1. The molecule has 1 aliphatic rings. The molecule has 29 heavy (non-hydrogen) atoms. The Bertz CT molecular complexity index is 730. The molecule has 0 atom stereocenters. The summed E-state index contributed by atoms with van der Waals surface area (Å²) in [6.45, 7) is 7.88. The molecule has 0 saturated heterocycles. The van der Waals surface area contributed by atoms with Gasteiger partial charge in [-0.25, -0.2) is 13.4 Å². The highest BCUT2D eigenvalue weighted by Crippen LogP contribution is 2.40. The lowest BCUT2D eigenvalue weighted by Crippen LogP contribution is -2.43. The fourth-order valence-corrected chi connectivity index (χ4v) is 4.33. The molecule has 0 spiro atoms. The Balaban J connectivity index is 0.00000420. The van der Waals surface area contributed by atoms with E-state index < -0.39 is 9.84 Å². The third kappa shape index (κ3) is 8.80. The van der Waals surface area contributed by atoms with Crippen LogP contribution in [0.25, 0.3) is 0 Å². The summed E-state index contributed by atoms with van der Waals surface area (Å²) >= 11 is 0. The van der Waals surface area contributed by atoms with Crippen molar-refractivity contribution in [3.8, 4) is 0 Å². The molecule has 0 radical (unpaired) electrons. The van der Waals surface area contributed by atoms with Crippen molar-refractivity contribution >= 4 is 39.8 Å². The lowest BCUT2D eigenvalue weighted by molar-refractivity contribution is 0.105. The number of hydrogen-bond acceptors (Lipinski definition) is 4. The predicted molar refractivity (Wildman–Crippen MR) is 130 cm³/mol. The van der Waals surface area contributed by atoms with E-state index in [1.54, 1.807) is 12.1 Å². The molecule has 0 bridgehead atoms. The van der Waals surface area contributed by atoms with E-state index in [1.165, 1.54) is 31.9 Å². The summed E-state index contributed by atoms with van der Waals surface area (Å²) in [5.41, 5.74) is 1.28. The van der Waals surface area contributed by atoms with Crippen molar-refractivity contribution < 1.29 is 13.2 Å². The van der Waals surface area contributed by atoms with Gasteiger partial charge in [-0.3, -0.25) is 0 Å². The first-order valence-corrected chi connectivity index (χ1v) is 12.2. The minimum absolute atomic E-state index is 0. The predicted octanol–water partition coefficient (Wildman–Crippen LogP) is 3.75. The Morgan fingerprint density at radius 1 is 1.14 bits per heavy atom. The van der Waals surface area contributed by atoms with Crippen LogP contribution in [0.3, 0.4) is 0 Å². The van der Waals surface area contributed by atoms with Gasteiger partial charge in [-0.15, -0.1) is 24.0 Å². The largest absolute Gasteiger partial charge is 0.382 e. The summed E-state index contributed by atoms with van der Waals surface area (Å²) in [6, 6.07) is 6.93. The van der Waals surface area contributed by atoms with Crippen LogP contribution in [-0.4, -0.2) is 46.9 Å². The molecule has 1 fully saturated rings. The smallest absolute Gasteiger partial charge is 0.191 e. The van der Waals surface area contributed by atoms with Crippen LogP contribution in [0.15, 0.2) is 34.2 Å². The third-order valence-electron chi connectivity index (χ3n) is 5.39. The first kappa shape index (κ1) is 26.2. The number of benzene rings is 1. The van der Waals surface area contributed by atoms with E-state index in [2.05, 4.69) is 22.5 Å². The zero-order chi connectivity index (χ0) is 20.5. The van der Waals surface area contributed by atoms with E-state index in [9.17, 15) is 8.42 Å². The molecule has 0 unspecified atom stereocenters. The van der Waals surface area contributed by atoms with Crippen LogP contribution in [-0.2, 0) is 21.1 Å².